The lowest BCUT2D eigenvalue weighted by Crippen LogP contribution is -2.45. The van der Waals surface area contributed by atoms with Gasteiger partial charge in [-0.3, -0.25) is 9.59 Å². The van der Waals surface area contributed by atoms with E-state index in [-0.39, 0.29) is 33.6 Å². The van der Waals surface area contributed by atoms with Crippen LogP contribution in [0.4, 0.5) is 5.69 Å². The largest absolute Gasteiger partial charge is 0.399 e. The van der Waals surface area contributed by atoms with Crippen LogP contribution in [0.1, 0.15) is 31.1 Å². The number of hydrogen-bond donors (Lipinski definition) is 3. The molecule has 0 bridgehead atoms. The number of nitrogens with one attached hydrogen (secondary N) is 2. The molecule has 1 aromatic rings. The molecule has 2 amide bonds. The van der Waals surface area contributed by atoms with Gasteiger partial charge in [-0.25, -0.2) is 0 Å². The van der Waals surface area contributed by atoms with E-state index in [9.17, 15) is 9.59 Å². The van der Waals surface area contributed by atoms with Gasteiger partial charge in [0.15, 0.2) is 0 Å². The monoisotopic (exact) mass is 317 g/mol. The van der Waals surface area contributed by atoms with E-state index in [0.29, 0.717) is 5.69 Å². The Labute approximate surface area is 127 Å². The highest BCUT2D eigenvalue weighted by atomic mass is 35.5. The lowest BCUT2D eigenvalue weighted by Gasteiger charge is -2.20. The summed E-state index contributed by atoms with van der Waals surface area (Å²) < 4.78 is 0. The second-order valence-corrected chi connectivity index (χ2v) is 6.13. The van der Waals surface area contributed by atoms with Crippen LogP contribution in [0.5, 0.6) is 0 Å². The van der Waals surface area contributed by atoms with E-state index in [1.54, 1.807) is 0 Å². The van der Waals surface area contributed by atoms with E-state index in [2.05, 4.69) is 10.6 Å². The summed E-state index contributed by atoms with van der Waals surface area (Å²) in [5.74, 6) is -0.801. The highest BCUT2D eigenvalue weighted by Gasteiger charge is 2.17. The van der Waals surface area contributed by atoms with Crippen LogP contribution in [-0.4, -0.2) is 23.9 Å². The van der Waals surface area contributed by atoms with Crippen LogP contribution in [0.2, 0.25) is 10.0 Å². The fourth-order valence-electron chi connectivity index (χ4n) is 1.49. The summed E-state index contributed by atoms with van der Waals surface area (Å²) in [5, 5.41) is 5.49. The van der Waals surface area contributed by atoms with Crippen LogP contribution in [-0.2, 0) is 4.79 Å². The van der Waals surface area contributed by atoms with Crippen molar-refractivity contribution in [1.82, 2.24) is 10.6 Å². The summed E-state index contributed by atoms with van der Waals surface area (Å²) in [6, 6.07) is 2.86. The molecule has 0 radical (unpaired) electrons. The highest BCUT2D eigenvalue weighted by Crippen LogP contribution is 2.28. The van der Waals surface area contributed by atoms with Gasteiger partial charge in [0.25, 0.3) is 5.91 Å². The van der Waals surface area contributed by atoms with Crippen molar-refractivity contribution in [2.24, 2.45) is 0 Å². The molecule has 0 unspecified atom stereocenters. The van der Waals surface area contributed by atoms with E-state index in [0.717, 1.165) is 0 Å². The third-order valence-electron chi connectivity index (χ3n) is 2.22. The zero-order chi connectivity index (χ0) is 15.5. The number of benzene rings is 1. The van der Waals surface area contributed by atoms with Gasteiger partial charge in [-0.05, 0) is 32.9 Å². The molecule has 0 aromatic heterocycles. The normalized spacial score (nSPS) is 11.1. The molecule has 1 aromatic carbocycles. The standard InChI is InChI=1S/C13H17Cl2N3O2/c1-13(2,3)18-10(19)6-17-12(20)8-4-7(16)5-9(14)11(8)15/h4-5H,6,16H2,1-3H3,(H,17,20)(H,18,19). The Morgan fingerprint density at radius 3 is 2.40 bits per heavy atom. The number of halogens is 2. The Kier molecular flexibility index (Phi) is 5.25. The molecule has 4 N–H and O–H groups in total. The van der Waals surface area contributed by atoms with E-state index in [4.69, 9.17) is 28.9 Å². The number of nitrogens with two attached hydrogens (primary N) is 1. The topological polar surface area (TPSA) is 84.2 Å². The number of amides is 2. The van der Waals surface area contributed by atoms with Crippen LogP contribution < -0.4 is 16.4 Å². The number of hydrogen-bond acceptors (Lipinski definition) is 3. The first-order chi connectivity index (χ1) is 9.10. The zero-order valence-electron chi connectivity index (χ0n) is 11.5. The number of carbonyl (C=O) groups is 2. The van der Waals surface area contributed by atoms with Crippen molar-refractivity contribution in [3.8, 4) is 0 Å². The summed E-state index contributed by atoms with van der Waals surface area (Å²) in [6.07, 6.45) is 0. The van der Waals surface area contributed by atoms with Gasteiger partial charge in [0.05, 0.1) is 22.2 Å². The Hall–Kier alpha value is -1.46. The van der Waals surface area contributed by atoms with Crippen molar-refractivity contribution < 1.29 is 9.59 Å². The van der Waals surface area contributed by atoms with Gasteiger partial charge in [-0.1, -0.05) is 23.2 Å². The van der Waals surface area contributed by atoms with Crippen molar-refractivity contribution in [3.63, 3.8) is 0 Å². The Bertz CT molecular complexity index is 539. The van der Waals surface area contributed by atoms with Gasteiger partial charge in [0.1, 0.15) is 0 Å². The molecule has 0 fully saturated rings. The van der Waals surface area contributed by atoms with Gasteiger partial charge in [0.2, 0.25) is 5.91 Å². The van der Waals surface area contributed by atoms with Gasteiger partial charge in [-0.15, -0.1) is 0 Å². The molecule has 5 nitrogen and oxygen atoms in total. The summed E-state index contributed by atoms with van der Waals surface area (Å²) in [6.45, 7) is 5.39. The number of anilines is 1. The number of rotatable bonds is 3. The first-order valence-corrected chi connectivity index (χ1v) is 6.69. The van der Waals surface area contributed by atoms with Gasteiger partial charge in [0, 0.05) is 11.2 Å². The van der Waals surface area contributed by atoms with Crippen LogP contribution in [0, 0.1) is 0 Å². The SMILES string of the molecule is CC(C)(C)NC(=O)CNC(=O)c1cc(N)cc(Cl)c1Cl. The minimum Gasteiger partial charge on any atom is -0.399 e. The second-order valence-electron chi connectivity index (χ2n) is 5.35. The van der Waals surface area contributed by atoms with Gasteiger partial charge in [-0.2, -0.15) is 0 Å². The first kappa shape index (κ1) is 16.6. The van der Waals surface area contributed by atoms with Gasteiger partial charge >= 0.3 is 0 Å². The molecule has 20 heavy (non-hydrogen) atoms. The Morgan fingerprint density at radius 1 is 1.25 bits per heavy atom. The molecule has 1 rings (SSSR count). The molecule has 0 aliphatic rings. The maximum absolute atomic E-state index is 12.0. The summed E-state index contributed by atoms with van der Waals surface area (Å²) >= 11 is 11.8. The van der Waals surface area contributed by atoms with Crippen LogP contribution >= 0.6 is 23.2 Å². The van der Waals surface area contributed by atoms with E-state index in [1.165, 1.54) is 12.1 Å². The number of carbonyl (C=O) groups excluding carboxylic acids is 2. The second kappa shape index (κ2) is 6.33. The molecule has 110 valence electrons. The molecule has 0 saturated carbocycles. The van der Waals surface area contributed by atoms with Crippen molar-refractivity contribution in [1.29, 1.82) is 0 Å². The molecule has 0 spiro atoms. The van der Waals surface area contributed by atoms with Crippen molar-refractivity contribution in [2.75, 3.05) is 12.3 Å². The molecule has 7 heteroatoms. The van der Waals surface area contributed by atoms with Crippen LogP contribution in [0.15, 0.2) is 12.1 Å². The molecule has 0 aliphatic carbocycles. The minimum atomic E-state index is -0.506. The van der Waals surface area contributed by atoms with Crippen LogP contribution in [0.3, 0.4) is 0 Å². The summed E-state index contributed by atoms with van der Waals surface area (Å²) in [4.78, 5) is 23.6. The maximum Gasteiger partial charge on any atom is 0.253 e. The summed E-state index contributed by atoms with van der Waals surface area (Å²) in [5.41, 5.74) is 5.70. The average Bonchev–Trinajstić information content (AvgIpc) is 2.28. The van der Waals surface area contributed by atoms with E-state index < -0.39 is 5.91 Å². The molecular weight excluding hydrogens is 301 g/mol. The van der Waals surface area contributed by atoms with Crippen molar-refractivity contribution in [3.05, 3.63) is 27.7 Å². The lowest BCUT2D eigenvalue weighted by molar-refractivity contribution is -0.121. The quantitative estimate of drug-likeness (QED) is 0.747. The van der Waals surface area contributed by atoms with Crippen LogP contribution in [0.25, 0.3) is 0 Å². The summed E-state index contributed by atoms with van der Waals surface area (Å²) in [7, 11) is 0. The predicted octanol–water partition coefficient (Wildman–Crippen LogP) is 2.22. The lowest BCUT2D eigenvalue weighted by atomic mass is 10.1. The van der Waals surface area contributed by atoms with E-state index in [1.807, 2.05) is 20.8 Å². The smallest absolute Gasteiger partial charge is 0.253 e. The highest BCUT2D eigenvalue weighted by molar-refractivity contribution is 6.44. The third kappa shape index (κ3) is 4.90. The third-order valence-corrected chi connectivity index (χ3v) is 3.02. The molecule has 0 saturated heterocycles. The van der Waals surface area contributed by atoms with Crippen molar-refractivity contribution in [2.45, 2.75) is 26.3 Å². The zero-order valence-corrected chi connectivity index (χ0v) is 13.0. The molecular formula is C13H17Cl2N3O2. The average molecular weight is 318 g/mol. The molecule has 0 aliphatic heterocycles. The van der Waals surface area contributed by atoms with Crippen molar-refractivity contribution >= 4 is 40.7 Å². The predicted molar refractivity (Wildman–Crippen MR) is 81.1 cm³/mol. The van der Waals surface area contributed by atoms with E-state index >= 15 is 0 Å². The minimum absolute atomic E-state index is 0.106. The Balaban J connectivity index is 2.71. The fraction of sp³-hybridized carbons (Fsp3) is 0.385. The Morgan fingerprint density at radius 2 is 1.85 bits per heavy atom. The fourth-order valence-corrected chi connectivity index (χ4v) is 1.92. The number of nitrogen functional groups attached to an aromatic ring is 1. The first-order valence-electron chi connectivity index (χ1n) is 5.94. The molecule has 0 heterocycles. The molecule has 0 atom stereocenters. The maximum atomic E-state index is 12.0. The van der Waals surface area contributed by atoms with Gasteiger partial charge < -0.3 is 16.4 Å².